The summed E-state index contributed by atoms with van der Waals surface area (Å²) >= 11 is 0. The van der Waals surface area contributed by atoms with Gasteiger partial charge in [0.15, 0.2) is 0 Å². The van der Waals surface area contributed by atoms with Gasteiger partial charge in [0, 0.05) is 10.8 Å². The number of aryl methyl sites for hydroxylation is 2. The standard InChI is InChI=1S/C21H32/c1-13-11-15-16(12-14(13)2)21(10)18(5,6)17(3,4)20(15,9)19(21,7)8/h11-12H,1-10H3. The minimum atomic E-state index is 0.214. The van der Waals surface area contributed by atoms with Gasteiger partial charge >= 0.3 is 0 Å². The average Bonchev–Trinajstić information content (AvgIpc) is 2.52. The van der Waals surface area contributed by atoms with Gasteiger partial charge in [0.05, 0.1) is 0 Å². The third-order valence-electron chi connectivity index (χ3n) is 9.27. The topological polar surface area (TPSA) is 0 Å². The largest absolute Gasteiger partial charge is 0.0585 e. The highest BCUT2D eigenvalue weighted by atomic mass is 14.8. The summed E-state index contributed by atoms with van der Waals surface area (Å²) in [6, 6.07) is 4.99. The third kappa shape index (κ3) is 1.09. The Morgan fingerprint density at radius 3 is 1.10 bits per heavy atom. The van der Waals surface area contributed by atoms with Crippen molar-refractivity contribution in [1.29, 1.82) is 0 Å². The van der Waals surface area contributed by atoms with E-state index in [2.05, 4.69) is 81.4 Å². The highest BCUT2D eigenvalue weighted by Crippen LogP contribution is 2.83. The second kappa shape index (κ2) is 3.42. The van der Waals surface area contributed by atoms with E-state index in [-0.39, 0.29) is 27.1 Å². The van der Waals surface area contributed by atoms with Crippen molar-refractivity contribution in [1.82, 2.24) is 0 Å². The molecule has 0 spiro atoms. The molecule has 21 heavy (non-hydrogen) atoms. The predicted octanol–water partition coefficient (Wildman–Crippen LogP) is 5.92. The van der Waals surface area contributed by atoms with Gasteiger partial charge in [-0.2, -0.15) is 0 Å². The van der Waals surface area contributed by atoms with Crippen LogP contribution in [0.2, 0.25) is 0 Å². The van der Waals surface area contributed by atoms with Crippen LogP contribution in [0.15, 0.2) is 12.1 Å². The number of fused-ring (bicyclic) bond motifs is 5. The van der Waals surface area contributed by atoms with Gasteiger partial charge in [0.1, 0.15) is 0 Å². The lowest BCUT2D eigenvalue weighted by molar-refractivity contribution is 0.0410. The smallest absolute Gasteiger partial charge is 0.00440 e. The van der Waals surface area contributed by atoms with E-state index in [0.29, 0.717) is 0 Å². The first-order valence-corrected chi connectivity index (χ1v) is 8.40. The molecule has 3 rings (SSSR count). The summed E-state index contributed by atoms with van der Waals surface area (Å²) < 4.78 is 0. The van der Waals surface area contributed by atoms with E-state index in [1.165, 1.54) is 11.1 Å². The van der Waals surface area contributed by atoms with Gasteiger partial charge in [-0.15, -0.1) is 0 Å². The van der Waals surface area contributed by atoms with Crippen LogP contribution in [0, 0.1) is 30.1 Å². The highest BCUT2D eigenvalue weighted by Gasteiger charge is 2.80. The summed E-state index contributed by atoms with van der Waals surface area (Å²) in [7, 11) is 0. The molecular formula is C21H32. The van der Waals surface area contributed by atoms with Crippen molar-refractivity contribution in [2.45, 2.75) is 80.1 Å². The molecule has 1 aromatic rings. The average molecular weight is 284 g/mol. The molecule has 1 aromatic carbocycles. The summed E-state index contributed by atoms with van der Waals surface area (Å²) in [6.45, 7) is 24.6. The molecule has 2 aliphatic rings. The zero-order valence-electron chi connectivity index (χ0n) is 15.7. The zero-order chi connectivity index (χ0) is 16.2. The van der Waals surface area contributed by atoms with Crippen LogP contribution in [-0.4, -0.2) is 0 Å². The van der Waals surface area contributed by atoms with Gasteiger partial charge in [-0.25, -0.2) is 0 Å². The van der Waals surface area contributed by atoms with E-state index in [4.69, 9.17) is 0 Å². The van der Waals surface area contributed by atoms with Gasteiger partial charge in [0.25, 0.3) is 0 Å². The molecule has 0 nitrogen and oxygen atoms in total. The third-order valence-corrected chi connectivity index (χ3v) is 9.27. The van der Waals surface area contributed by atoms with Gasteiger partial charge < -0.3 is 0 Å². The molecule has 2 atom stereocenters. The van der Waals surface area contributed by atoms with E-state index < -0.39 is 0 Å². The first-order chi connectivity index (χ1) is 9.28. The maximum atomic E-state index is 2.53. The van der Waals surface area contributed by atoms with Crippen LogP contribution in [0.4, 0.5) is 0 Å². The fraction of sp³-hybridized carbons (Fsp3) is 0.714. The highest BCUT2D eigenvalue weighted by molar-refractivity contribution is 5.60. The maximum Gasteiger partial charge on any atom is 0.00440 e. The van der Waals surface area contributed by atoms with Gasteiger partial charge in [-0.1, -0.05) is 67.5 Å². The Morgan fingerprint density at radius 2 is 0.810 bits per heavy atom. The Bertz CT molecular complexity index is 589. The van der Waals surface area contributed by atoms with Crippen LogP contribution in [0.3, 0.4) is 0 Å². The molecule has 0 heterocycles. The zero-order valence-corrected chi connectivity index (χ0v) is 15.7. The molecule has 0 radical (unpaired) electrons. The van der Waals surface area contributed by atoms with Crippen molar-refractivity contribution in [3.63, 3.8) is 0 Å². The molecule has 2 aliphatic carbocycles. The Balaban J connectivity index is 2.52. The Morgan fingerprint density at radius 1 is 0.524 bits per heavy atom. The molecule has 1 saturated carbocycles. The number of benzene rings is 1. The van der Waals surface area contributed by atoms with Crippen molar-refractivity contribution in [2.75, 3.05) is 0 Å². The van der Waals surface area contributed by atoms with E-state index in [9.17, 15) is 0 Å². The molecule has 2 bridgehead atoms. The van der Waals surface area contributed by atoms with Crippen LogP contribution in [-0.2, 0) is 10.8 Å². The summed E-state index contributed by atoms with van der Waals surface area (Å²) in [5.74, 6) is 0. The first kappa shape index (κ1) is 15.1. The monoisotopic (exact) mass is 284 g/mol. The molecular weight excluding hydrogens is 252 g/mol. The molecule has 1 fully saturated rings. The van der Waals surface area contributed by atoms with Crippen molar-refractivity contribution < 1.29 is 0 Å². The fourth-order valence-corrected chi connectivity index (χ4v) is 6.30. The van der Waals surface area contributed by atoms with Crippen molar-refractivity contribution in [3.05, 3.63) is 34.4 Å². The van der Waals surface area contributed by atoms with Gasteiger partial charge in [-0.3, -0.25) is 0 Å². The van der Waals surface area contributed by atoms with Crippen LogP contribution < -0.4 is 0 Å². The second-order valence-electron chi connectivity index (χ2n) is 9.61. The molecule has 0 aromatic heterocycles. The van der Waals surface area contributed by atoms with Crippen LogP contribution in [0.25, 0.3) is 0 Å². The van der Waals surface area contributed by atoms with E-state index in [0.717, 1.165) is 0 Å². The summed E-state index contributed by atoms with van der Waals surface area (Å²) in [4.78, 5) is 0. The maximum absolute atomic E-state index is 2.53. The fourth-order valence-electron chi connectivity index (χ4n) is 6.30. The Hall–Kier alpha value is -0.780. The SMILES string of the molecule is Cc1cc2c(cc1C)C1(C)C(C)(C)C(C)(C)C2(C)C1(C)C. The molecule has 116 valence electrons. The number of hydrogen-bond donors (Lipinski definition) is 0. The first-order valence-electron chi connectivity index (χ1n) is 8.40. The number of rotatable bonds is 0. The molecule has 0 saturated heterocycles. The molecule has 0 heteroatoms. The van der Waals surface area contributed by atoms with Crippen molar-refractivity contribution >= 4 is 0 Å². The van der Waals surface area contributed by atoms with E-state index in [1.54, 1.807) is 11.1 Å². The Kier molecular flexibility index (Phi) is 2.46. The van der Waals surface area contributed by atoms with Crippen molar-refractivity contribution in [2.24, 2.45) is 16.2 Å². The minimum Gasteiger partial charge on any atom is -0.0585 e. The van der Waals surface area contributed by atoms with E-state index >= 15 is 0 Å². The van der Waals surface area contributed by atoms with E-state index in [1.807, 2.05) is 0 Å². The number of hydrogen-bond acceptors (Lipinski definition) is 0. The lowest BCUT2D eigenvalue weighted by atomic mass is 9.50. The van der Waals surface area contributed by atoms with Gasteiger partial charge in [0.2, 0.25) is 0 Å². The quantitative estimate of drug-likeness (QED) is 0.554. The predicted molar refractivity (Wildman–Crippen MR) is 92.0 cm³/mol. The van der Waals surface area contributed by atoms with Crippen LogP contribution in [0.1, 0.15) is 77.6 Å². The lowest BCUT2D eigenvalue weighted by Crippen LogP contribution is -2.49. The van der Waals surface area contributed by atoms with Crippen LogP contribution in [0.5, 0.6) is 0 Å². The van der Waals surface area contributed by atoms with Gasteiger partial charge in [-0.05, 0) is 52.3 Å². The van der Waals surface area contributed by atoms with Crippen molar-refractivity contribution in [3.8, 4) is 0 Å². The summed E-state index contributed by atoms with van der Waals surface area (Å²) in [5.41, 5.74) is 7.34. The molecule has 0 N–H and O–H groups in total. The summed E-state index contributed by atoms with van der Waals surface area (Å²) in [5, 5.41) is 0. The lowest BCUT2D eigenvalue weighted by Gasteiger charge is -2.54. The molecule has 2 unspecified atom stereocenters. The second-order valence-corrected chi connectivity index (χ2v) is 9.61. The minimum absolute atomic E-state index is 0.214. The normalized spacial score (nSPS) is 37.6. The molecule has 0 amide bonds. The summed E-state index contributed by atoms with van der Waals surface area (Å²) in [6.07, 6.45) is 0. The van der Waals surface area contributed by atoms with Crippen LogP contribution >= 0.6 is 0 Å². The molecule has 0 aliphatic heterocycles. The Labute approximate surface area is 131 Å².